The molecular formula is C16H12ClNS. The van der Waals surface area contributed by atoms with Crippen LogP contribution in [-0.2, 0) is 0 Å². The van der Waals surface area contributed by atoms with Crippen molar-refractivity contribution < 1.29 is 0 Å². The lowest BCUT2D eigenvalue weighted by molar-refractivity contribution is 1.30. The number of nitrogens with zero attached hydrogens (tertiary/aromatic N) is 1. The number of hydrogen-bond acceptors (Lipinski definition) is 2. The third-order valence-electron chi connectivity index (χ3n) is 3.01. The van der Waals surface area contributed by atoms with Crippen LogP contribution in [0, 0.1) is 0 Å². The molecule has 0 aliphatic rings. The first-order valence-corrected chi connectivity index (χ1v) is 7.58. The minimum atomic E-state index is 0.744. The van der Waals surface area contributed by atoms with Crippen molar-refractivity contribution in [1.29, 1.82) is 0 Å². The van der Waals surface area contributed by atoms with Crippen molar-refractivity contribution in [3.63, 3.8) is 0 Å². The maximum atomic E-state index is 6.04. The van der Waals surface area contributed by atoms with Crippen LogP contribution in [0.1, 0.15) is 0 Å². The molecule has 0 aliphatic carbocycles. The summed E-state index contributed by atoms with van der Waals surface area (Å²) in [5, 5.41) is 1.82. The highest BCUT2D eigenvalue weighted by atomic mass is 35.5. The summed E-state index contributed by atoms with van der Waals surface area (Å²) in [7, 11) is 0. The molecule has 1 aromatic heterocycles. The van der Waals surface area contributed by atoms with Crippen LogP contribution in [0.3, 0.4) is 0 Å². The second-order valence-electron chi connectivity index (χ2n) is 4.24. The molecule has 0 saturated heterocycles. The van der Waals surface area contributed by atoms with Crippen molar-refractivity contribution in [1.82, 2.24) is 4.98 Å². The molecule has 2 aromatic carbocycles. The summed E-state index contributed by atoms with van der Waals surface area (Å²) in [5.41, 5.74) is 3.15. The van der Waals surface area contributed by atoms with Crippen LogP contribution in [-0.4, -0.2) is 11.2 Å². The Kier molecular flexibility index (Phi) is 3.45. The third kappa shape index (κ3) is 2.46. The molecule has 0 N–H and O–H groups in total. The molecule has 19 heavy (non-hydrogen) atoms. The van der Waals surface area contributed by atoms with Gasteiger partial charge in [-0.15, -0.1) is 11.8 Å². The first-order chi connectivity index (χ1) is 9.28. The lowest BCUT2D eigenvalue weighted by Crippen LogP contribution is -1.89. The molecule has 3 aromatic rings. The molecule has 3 heteroatoms. The molecule has 94 valence electrons. The van der Waals surface area contributed by atoms with E-state index in [1.165, 1.54) is 4.90 Å². The van der Waals surface area contributed by atoms with E-state index < -0.39 is 0 Å². The molecule has 1 nitrogen and oxygen atoms in total. The van der Waals surface area contributed by atoms with Crippen molar-refractivity contribution in [3.05, 3.63) is 59.6 Å². The van der Waals surface area contributed by atoms with Gasteiger partial charge in [-0.2, -0.15) is 0 Å². The zero-order valence-corrected chi connectivity index (χ0v) is 12.0. The topological polar surface area (TPSA) is 12.9 Å². The number of rotatable bonds is 2. The number of fused-ring (bicyclic) bond motifs is 1. The summed E-state index contributed by atoms with van der Waals surface area (Å²) in [4.78, 5) is 5.95. The quantitative estimate of drug-likeness (QED) is 0.594. The number of hydrogen-bond donors (Lipinski definition) is 0. The zero-order chi connectivity index (χ0) is 13.2. The van der Waals surface area contributed by atoms with Crippen molar-refractivity contribution >= 4 is 34.3 Å². The van der Waals surface area contributed by atoms with Gasteiger partial charge in [0.2, 0.25) is 0 Å². The SMILES string of the molecule is CSc1cc2cc(Cl)ccc2nc1-c1ccccc1. The van der Waals surface area contributed by atoms with Crippen molar-refractivity contribution in [3.8, 4) is 11.3 Å². The Balaban J connectivity index is 2.27. The Labute approximate surface area is 121 Å². The highest BCUT2D eigenvalue weighted by Crippen LogP contribution is 2.32. The smallest absolute Gasteiger partial charge is 0.0845 e. The van der Waals surface area contributed by atoms with E-state index in [9.17, 15) is 0 Å². The average Bonchev–Trinajstić information content (AvgIpc) is 2.46. The maximum absolute atomic E-state index is 6.04. The number of pyridine rings is 1. The van der Waals surface area contributed by atoms with Gasteiger partial charge in [0.1, 0.15) is 0 Å². The molecule has 0 atom stereocenters. The van der Waals surface area contributed by atoms with Gasteiger partial charge < -0.3 is 0 Å². The summed E-state index contributed by atoms with van der Waals surface area (Å²) >= 11 is 7.74. The van der Waals surface area contributed by atoms with Crippen molar-refractivity contribution in [2.75, 3.05) is 6.26 Å². The molecular weight excluding hydrogens is 274 g/mol. The van der Waals surface area contributed by atoms with Gasteiger partial charge >= 0.3 is 0 Å². The molecule has 3 rings (SSSR count). The lowest BCUT2D eigenvalue weighted by atomic mass is 10.1. The van der Waals surface area contributed by atoms with Gasteiger partial charge in [-0.25, -0.2) is 4.98 Å². The van der Waals surface area contributed by atoms with Crippen LogP contribution >= 0.6 is 23.4 Å². The first-order valence-electron chi connectivity index (χ1n) is 5.97. The van der Waals surface area contributed by atoms with Crippen LogP contribution in [0.15, 0.2) is 59.5 Å². The number of benzene rings is 2. The highest BCUT2D eigenvalue weighted by molar-refractivity contribution is 7.98. The minimum absolute atomic E-state index is 0.744. The number of thioether (sulfide) groups is 1. The van der Waals surface area contributed by atoms with Gasteiger partial charge in [-0.05, 0) is 30.5 Å². The highest BCUT2D eigenvalue weighted by Gasteiger charge is 2.08. The second-order valence-corrected chi connectivity index (χ2v) is 5.53. The Morgan fingerprint density at radius 2 is 1.79 bits per heavy atom. The monoisotopic (exact) mass is 285 g/mol. The number of aromatic nitrogens is 1. The van der Waals surface area contributed by atoms with Gasteiger partial charge in [-0.1, -0.05) is 41.9 Å². The summed E-state index contributed by atoms with van der Waals surface area (Å²) in [6.07, 6.45) is 2.07. The van der Waals surface area contributed by atoms with Crippen molar-refractivity contribution in [2.24, 2.45) is 0 Å². The standard InChI is InChI=1S/C16H12ClNS/c1-19-15-10-12-9-13(17)7-8-14(12)18-16(15)11-5-3-2-4-6-11/h2-10H,1H3. The van der Waals surface area contributed by atoms with Crippen LogP contribution in [0.2, 0.25) is 5.02 Å². The van der Waals surface area contributed by atoms with Crippen LogP contribution in [0.5, 0.6) is 0 Å². The lowest BCUT2D eigenvalue weighted by Gasteiger charge is -2.09. The van der Waals surface area contributed by atoms with E-state index in [1.54, 1.807) is 11.8 Å². The van der Waals surface area contributed by atoms with Crippen molar-refractivity contribution in [2.45, 2.75) is 4.90 Å². The van der Waals surface area contributed by atoms with E-state index in [1.807, 2.05) is 36.4 Å². The summed E-state index contributed by atoms with van der Waals surface area (Å²) < 4.78 is 0. The molecule has 0 spiro atoms. The molecule has 0 radical (unpaired) electrons. The van der Waals surface area contributed by atoms with E-state index in [2.05, 4.69) is 24.5 Å². The summed E-state index contributed by atoms with van der Waals surface area (Å²) in [5.74, 6) is 0. The Morgan fingerprint density at radius 1 is 1.00 bits per heavy atom. The first kappa shape index (κ1) is 12.5. The van der Waals surface area contributed by atoms with E-state index in [4.69, 9.17) is 16.6 Å². The average molecular weight is 286 g/mol. The fraction of sp³-hybridized carbons (Fsp3) is 0.0625. The molecule has 1 heterocycles. The molecule has 0 unspecified atom stereocenters. The second kappa shape index (κ2) is 5.24. The molecule has 0 bridgehead atoms. The Bertz CT molecular complexity index is 725. The maximum Gasteiger partial charge on any atom is 0.0845 e. The van der Waals surface area contributed by atoms with E-state index >= 15 is 0 Å². The fourth-order valence-corrected chi connectivity index (χ4v) is 2.87. The molecule has 0 fully saturated rings. The minimum Gasteiger partial charge on any atom is -0.247 e. The summed E-state index contributed by atoms with van der Waals surface area (Å²) in [6.45, 7) is 0. The van der Waals surface area contributed by atoms with E-state index in [0.717, 1.165) is 27.2 Å². The van der Waals surface area contributed by atoms with E-state index in [0.29, 0.717) is 0 Å². The normalized spacial score (nSPS) is 10.8. The van der Waals surface area contributed by atoms with Crippen LogP contribution < -0.4 is 0 Å². The van der Waals surface area contributed by atoms with Gasteiger partial charge in [0.15, 0.2) is 0 Å². The Morgan fingerprint density at radius 3 is 2.53 bits per heavy atom. The third-order valence-corrected chi connectivity index (χ3v) is 4.00. The van der Waals surface area contributed by atoms with E-state index in [-0.39, 0.29) is 0 Å². The van der Waals surface area contributed by atoms with Gasteiger partial charge in [-0.3, -0.25) is 0 Å². The Hall–Kier alpha value is -1.51. The van der Waals surface area contributed by atoms with Gasteiger partial charge in [0.25, 0.3) is 0 Å². The van der Waals surface area contributed by atoms with Crippen LogP contribution in [0.25, 0.3) is 22.2 Å². The molecule has 0 amide bonds. The van der Waals surface area contributed by atoms with Crippen LogP contribution in [0.4, 0.5) is 0 Å². The van der Waals surface area contributed by atoms with Gasteiger partial charge in [0, 0.05) is 20.9 Å². The predicted molar refractivity (Wildman–Crippen MR) is 84.0 cm³/mol. The fourth-order valence-electron chi connectivity index (χ4n) is 2.09. The number of halogens is 1. The predicted octanol–water partition coefficient (Wildman–Crippen LogP) is 5.28. The molecule has 0 aliphatic heterocycles. The molecule has 0 saturated carbocycles. The summed E-state index contributed by atoms with van der Waals surface area (Å²) in [6, 6.07) is 18.2. The zero-order valence-electron chi connectivity index (χ0n) is 10.4. The van der Waals surface area contributed by atoms with Gasteiger partial charge in [0.05, 0.1) is 11.2 Å². The largest absolute Gasteiger partial charge is 0.247 e.